The number of benzene rings is 2. The number of nitrogens with zero attached hydrogens (tertiary/aromatic N) is 1. The summed E-state index contributed by atoms with van der Waals surface area (Å²) in [7, 11) is 1.39. The van der Waals surface area contributed by atoms with Gasteiger partial charge in [0.15, 0.2) is 11.2 Å². The van der Waals surface area contributed by atoms with Crippen molar-refractivity contribution in [1.29, 1.82) is 0 Å². The Hall–Kier alpha value is -2.66. The summed E-state index contributed by atoms with van der Waals surface area (Å²) in [5.41, 5.74) is 3.17. The molecule has 0 aromatic heterocycles. The van der Waals surface area contributed by atoms with Crippen LogP contribution >= 0.6 is 12.2 Å². The van der Waals surface area contributed by atoms with E-state index in [0.717, 1.165) is 11.3 Å². The highest BCUT2D eigenvalue weighted by Crippen LogP contribution is 2.26. The first kappa shape index (κ1) is 17.2. The predicted octanol–water partition coefficient (Wildman–Crippen LogP) is 3.31. The number of esters is 1. The molecule has 1 fully saturated rings. The number of aryl methyl sites for hydroxylation is 1. The molecule has 1 heterocycles. The Morgan fingerprint density at radius 2 is 1.84 bits per heavy atom. The van der Waals surface area contributed by atoms with E-state index in [-0.39, 0.29) is 12.0 Å². The first-order valence-corrected chi connectivity index (χ1v) is 8.48. The molecule has 0 bridgehead atoms. The van der Waals surface area contributed by atoms with E-state index in [2.05, 4.69) is 5.32 Å². The number of thiocarbonyl (C=S) groups is 1. The maximum atomic E-state index is 12.2. The van der Waals surface area contributed by atoms with E-state index in [1.54, 1.807) is 0 Å². The van der Waals surface area contributed by atoms with Crippen molar-refractivity contribution in [2.75, 3.05) is 12.0 Å². The summed E-state index contributed by atoms with van der Waals surface area (Å²) in [6, 6.07) is 17.2. The SMILES string of the molecule is COC(=O)[C@@H]1NC(=S)N(c2ccc(C)cc2)[C@H]1/C=C/c1ccccc1. The number of carbonyl (C=O) groups is 1. The number of ether oxygens (including phenoxy) is 1. The van der Waals surface area contributed by atoms with E-state index in [0.29, 0.717) is 5.11 Å². The van der Waals surface area contributed by atoms with Gasteiger partial charge in [0, 0.05) is 5.69 Å². The van der Waals surface area contributed by atoms with Crippen molar-refractivity contribution in [3.63, 3.8) is 0 Å². The third-order valence-electron chi connectivity index (χ3n) is 4.19. The lowest BCUT2D eigenvalue weighted by Gasteiger charge is -2.24. The second kappa shape index (κ2) is 7.49. The molecule has 5 heteroatoms. The Kier molecular flexibility index (Phi) is 5.14. The Morgan fingerprint density at radius 1 is 1.16 bits per heavy atom. The second-order valence-corrected chi connectivity index (χ2v) is 6.30. The second-order valence-electron chi connectivity index (χ2n) is 5.92. The van der Waals surface area contributed by atoms with Gasteiger partial charge in [-0.2, -0.15) is 0 Å². The molecule has 25 heavy (non-hydrogen) atoms. The molecule has 0 amide bonds. The van der Waals surface area contributed by atoms with Crippen molar-refractivity contribution in [3.05, 3.63) is 71.8 Å². The summed E-state index contributed by atoms with van der Waals surface area (Å²) in [5.74, 6) is -0.334. The number of anilines is 1. The topological polar surface area (TPSA) is 41.6 Å². The minimum Gasteiger partial charge on any atom is -0.467 e. The van der Waals surface area contributed by atoms with Crippen molar-refractivity contribution in [1.82, 2.24) is 5.32 Å². The fourth-order valence-electron chi connectivity index (χ4n) is 2.86. The molecule has 0 unspecified atom stereocenters. The molecule has 1 aliphatic rings. The lowest BCUT2D eigenvalue weighted by molar-refractivity contribution is -0.142. The summed E-state index contributed by atoms with van der Waals surface area (Å²) in [6.45, 7) is 2.04. The highest BCUT2D eigenvalue weighted by atomic mass is 32.1. The average Bonchev–Trinajstić information content (AvgIpc) is 2.97. The van der Waals surface area contributed by atoms with Gasteiger partial charge < -0.3 is 15.0 Å². The van der Waals surface area contributed by atoms with E-state index in [4.69, 9.17) is 17.0 Å². The fraction of sp³-hybridized carbons (Fsp3) is 0.200. The highest BCUT2D eigenvalue weighted by molar-refractivity contribution is 7.80. The van der Waals surface area contributed by atoms with Crippen LogP contribution in [0, 0.1) is 6.92 Å². The van der Waals surface area contributed by atoms with Crippen molar-refractivity contribution in [3.8, 4) is 0 Å². The third-order valence-corrected chi connectivity index (χ3v) is 4.50. The number of hydrogen-bond acceptors (Lipinski definition) is 3. The van der Waals surface area contributed by atoms with Crippen LogP contribution in [0.1, 0.15) is 11.1 Å². The van der Waals surface area contributed by atoms with Crippen LogP contribution in [0.25, 0.3) is 6.08 Å². The van der Waals surface area contributed by atoms with Crippen molar-refractivity contribution < 1.29 is 9.53 Å². The molecule has 2 aromatic carbocycles. The Bertz CT molecular complexity index is 787. The van der Waals surface area contributed by atoms with Gasteiger partial charge >= 0.3 is 5.97 Å². The molecular weight excluding hydrogens is 332 g/mol. The zero-order valence-corrected chi connectivity index (χ0v) is 15.0. The molecule has 4 nitrogen and oxygen atoms in total. The standard InChI is InChI=1S/C20H20N2O2S/c1-14-8-11-16(12-9-14)22-17(13-10-15-6-4-3-5-7-15)18(19(23)24-2)21-20(22)25/h3-13,17-18H,1-2H3,(H,21,25)/b13-10+/t17-,18+/m0/s1. The number of carbonyl (C=O) groups excluding carboxylic acids is 1. The van der Waals surface area contributed by atoms with Gasteiger partial charge in [-0.3, -0.25) is 0 Å². The summed E-state index contributed by atoms with van der Waals surface area (Å²) in [5, 5.41) is 3.60. The minimum atomic E-state index is -0.543. The Labute approximate surface area is 153 Å². The molecule has 1 N–H and O–H groups in total. The van der Waals surface area contributed by atoms with Crippen LogP contribution in [-0.4, -0.2) is 30.3 Å². The zero-order valence-electron chi connectivity index (χ0n) is 14.2. The van der Waals surface area contributed by atoms with Crippen LogP contribution in [-0.2, 0) is 9.53 Å². The first-order chi connectivity index (χ1) is 12.1. The van der Waals surface area contributed by atoms with Gasteiger partial charge in [-0.1, -0.05) is 60.2 Å². The van der Waals surface area contributed by atoms with Crippen LogP contribution in [0.2, 0.25) is 0 Å². The Morgan fingerprint density at radius 3 is 2.48 bits per heavy atom. The number of methoxy groups -OCH3 is 1. The van der Waals surface area contributed by atoms with Crippen LogP contribution in [0.5, 0.6) is 0 Å². The number of rotatable bonds is 4. The van der Waals surface area contributed by atoms with Crippen molar-refractivity contribution in [2.24, 2.45) is 0 Å². The molecule has 0 spiro atoms. The summed E-state index contributed by atoms with van der Waals surface area (Å²) < 4.78 is 4.95. The smallest absolute Gasteiger partial charge is 0.330 e. The predicted molar refractivity (Wildman–Crippen MR) is 104 cm³/mol. The van der Waals surface area contributed by atoms with Crippen LogP contribution in [0.15, 0.2) is 60.7 Å². The number of nitrogens with one attached hydrogen (secondary N) is 1. The van der Waals surface area contributed by atoms with Gasteiger partial charge in [0.25, 0.3) is 0 Å². The van der Waals surface area contributed by atoms with E-state index >= 15 is 0 Å². The normalized spacial score (nSPS) is 19.9. The van der Waals surface area contributed by atoms with E-state index in [1.165, 1.54) is 12.7 Å². The lowest BCUT2D eigenvalue weighted by Crippen LogP contribution is -2.41. The molecule has 0 aliphatic carbocycles. The third kappa shape index (κ3) is 3.72. The van der Waals surface area contributed by atoms with Crippen LogP contribution in [0.3, 0.4) is 0 Å². The Balaban J connectivity index is 1.96. The fourth-order valence-corrected chi connectivity index (χ4v) is 3.22. The largest absolute Gasteiger partial charge is 0.467 e. The van der Waals surface area contributed by atoms with Crippen molar-refractivity contribution >= 4 is 35.1 Å². The molecule has 0 saturated carbocycles. The van der Waals surface area contributed by atoms with Gasteiger partial charge in [0.2, 0.25) is 0 Å². The maximum Gasteiger partial charge on any atom is 0.330 e. The van der Waals surface area contributed by atoms with Crippen LogP contribution < -0.4 is 10.2 Å². The van der Waals surface area contributed by atoms with E-state index in [9.17, 15) is 4.79 Å². The molecule has 128 valence electrons. The quantitative estimate of drug-likeness (QED) is 0.675. The van der Waals surface area contributed by atoms with Gasteiger partial charge in [-0.25, -0.2) is 4.79 Å². The lowest BCUT2D eigenvalue weighted by atomic mass is 10.1. The number of hydrogen-bond donors (Lipinski definition) is 1. The van der Waals surface area contributed by atoms with Gasteiger partial charge in [-0.15, -0.1) is 0 Å². The molecular formula is C20H20N2O2S. The molecule has 2 atom stereocenters. The van der Waals surface area contributed by atoms with Gasteiger partial charge in [0.1, 0.15) is 0 Å². The molecule has 2 aromatic rings. The highest BCUT2D eigenvalue weighted by Gasteiger charge is 2.41. The van der Waals surface area contributed by atoms with Crippen LogP contribution in [0.4, 0.5) is 5.69 Å². The van der Waals surface area contributed by atoms with E-state index < -0.39 is 6.04 Å². The maximum absolute atomic E-state index is 12.2. The molecule has 1 aliphatic heterocycles. The zero-order chi connectivity index (χ0) is 17.8. The summed E-state index contributed by atoms with van der Waals surface area (Å²) in [6.07, 6.45) is 3.99. The van der Waals surface area contributed by atoms with Gasteiger partial charge in [-0.05, 0) is 36.8 Å². The monoisotopic (exact) mass is 352 g/mol. The summed E-state index contributed by atoms with van der Waals surface area (Å²) >= 11 is 5.48. The average molecular weight is 352 g/mol. The molecule has 0 radical (unpaired) electrons. The minimum absolute atomic E-state index is 0.261. The van der Waals surface area contributed by atoms with E-state index in [1.807, 2.05) is 78.6 Å². The van der Waals surface area contributed by atoms with Crippen molar-refractivity contribution in [2.45, 2.75) is 19.0 Å². The summed E-state index contributed by atoms with van der Waals surface area (Å²) in [4.78, 5) is 14.2. The molecule has 1 saturated heterocycles. The molecule has 3 rings (SSSR count). The van der Waals surface area contributed by atoms with Gasteiger partial charge in [0.05, 0.1) is 13.2 Å². The first-order valence-electron chi connectivity index (χ1n) is 8.07.